The van der Waals surface area contributed by atoms with E-state index in [0.717, 1.165) is 28.8 Å². The Labute approximate surface area is 145 Å². The molecule has 0 aliphatic carbocycles. The second-order valence-electron chi connectivity index (χ2n) is 4.74. The number of rotatable bonds is 6. The van der Waals surface area contributed by atoms with Crippen LogP contribution in [0.4, 0.5) is 0 Å². The third-order valence-electron chi connectivity index (χ3n) is 3.21. The van der Waals surface area contributed by atoms with E-state index in [9.17, 15) is 4.79 Å². The molecule has 1 aromatic heterocycles. The fraction of sp³-hybridized carbons (Fsp3) is 0.333. The minimum Gasteiger partial charge on any atom is -0.352 e. The van der Waals surface area contributed by atoms with Crippen molar-refractivity contribution in [2.75, 3.05) is 20.1 Å². The number of halogens is 2. The predicted octanol–water partition coefficient (Wildman–Crippen LogP) is 2.70. The molecule has 2 N–H and O–H groups in total. The fourth-order valence-electron chi connectivity index (χ4n) is 2.04. The Bertz CT molecular complexity index is 613. The highest BCUT2D eigenvalue weighted by atomic mass is 79.9. The zero-order chi connectivity index (χ0) is 15.2. The lowest BCUT2D eigenvalue weighted by Gasteiger charge is -2.07. The Morgan fingerprint density at radius 3 is 2.59 bits per heavy atom. The molecule has 0 saturated heterocycles. The largest absolute Gasteiger partial charge is 0.352 e. The van der Waals surface area contributed by atoms with E-state index < -0.39 is 0 Å². The number of hydrogen-bond donors (Lipinski definition) is 2. The Morgan fingerprint density at radius 2 is 1.95 bits per heavy atom. The van der Waals surface area contributed by atoms with E-state index in [1.165, 1.54) is 0 Å². The van der Waals surface area contributed by atoms with Gasteiger partial charge in [-0.2, -0.15) is 5.10 Å². The van der Waals surface area contributed by atoms with Crippen molar-refractivity contribution in [1.29, 1.82) is 0 Å². The Kier molecular flexibility index (Phi) is 7.58. The lowest BCUT2D eigenvalue weighted by molar-refractivity contribution is 0.0952. The molecule has 1 heterocycles. The molecule has 1 aromatic carbocycles. The Morgan fingerprint density at radius 1 is 1.27 bits per heavy atom. The summed E-state index contributed by atoms with van der Waals surface area (Å²) in [5.41, 5.74) is 2.38. The van der Waals surface area contributed by atoms with Crippen LogP contribution >= 0.6 is 28.3 Å². The second kappa shape index (κ2) is 8.92. The lowest BCUT2D eigenvalue weighted by Crippen LogP contribution is -2.26. The third-order valence-corrected chi connectivity index (χ3v) is 3.74. The molecule has 0 unspecified atom stereocenters. The van der Waals surface area contributed by atoms with Crippen LogP contribution in [0.25, 0.3) is 5.69 Å². The first-order valence-corrected chi connectivity index (χ1v) is 7.66. The molecule has 7 heteroatoms. The minimum absolute atomic E-state index is 0. The number of hydrogen-bond acceptors (Lipinski definition) is 3. The quantitative estimate of drug-likeness (QED) is 0.749. The van der Waals surface area contributed by atoms with Gasteiger partial charge in [0.05, 0.1) is 23.1 Å². The lowest BCUT2D eigenvalue weighted by atomic mass is 10.2. The van der Waals surface area contributed by atoms with E-state index in [1.807, 2.05) is 38.2 Å². The number of nitrogens with zero attached hydrogens (tertiary/aromatic N) is 2. The van der Waals surface area contributed by atoms with Crippen LogP contribution in [0.3, 0.4) is 0 Å². The second-order valence-corrected chi connectivity index (χ2v) is 5.66. The van der Waals surface area contributed by atoms with Gasteiger partial charge in [-0.3, -0.25) is 4.79 Å². The van der Waals surface area contributed by atoms with Crippen LogP contribution in [0.15, 0.2) is 34.9 Å². The highest BCUT2D eigenvalue weighted by molar-refractivity contribution is 9.10. The monoisotopic (exact) mass is 386 g/mol. The molecule has 0 aliphatic rings. The van der Waals surface area contributed by atoms with Crippen molar-refractivity contribution >= 4 is 34.2 Å². The summed E-state index contributed by atoms with van der Waals surface area (Å²) >= 11 is 3.41. The number of aromatic nitrogens is 2. The van der Waals surface area contributed by atoms with E-state index >= 15 is 0 Å². The molecule has 0 spiro atoms. The molecule has 0 aliphatic heterocycles. The molecule has 0 radical (unpaired) electrons. The van der Waals surface area contributed by atoms with Crippen molar-refractivity contribution in [2.45, 2.75) is 13.3 Å². The number of amides is 1. The Hall–Kier alpha value is -1.37. The third kappa shape index (κ3) is 4.56. The summed E-state index contributed by atoms with van der Waals surface area (Å²) in [6, 6.07) is 7.82. The van der Waals surface area contributed by atoms with Gasteiger partial charge in [0.25, 0.3) is 5.91 Å². The molecule has 5 nitrogen and oxygen atoms in total. The van der Waals surface area contributed by atoms with Crippen LogP contribution in [0.1, 0.15) is 22.5 Å². The maximum atomic E-state index is 12.1. The summed E-state index contributed by atoms with van der Waals surface area (Å²) in [6.45, 7) is 3.44. The van der Waals surface area contributed by atoms with Gasteiger partial charge in [-0.25, -0.2) is 4.68 Å². The molecule has 0 fully saturated rings. The van der Waals surface area contributed by atoms with E-state index in [1.54, 1.807) is 10.9 Å². The van der Waals surface area contributed by atoms with Gasteiger partial charge in [0.1, 0.15) is 0 Å². The number of nitrogens with one attached hydrogen (secondary N) is 2. The topological polar surface area (TPSA) is 58.9 Å². The minimum atomic E-state index is -0.0769. The van der Waals surface area contributed by atoms with Crippen molar-refractivity contribution in [3.63, 3.8) is 0 Å². The number of carbonyl (C=O) groups excluding carboxylic acids is 1. The highest BCUT2D eigenvalue weighted by Crippen LogP contribution is 2.17. The van der Waals surface area contributed by atoms with Crippen molar-refractivity contribution in [1.82, 2.24) is 20.4 Å². The summed E-state index contributed by atoms with van der Waals surface area (Å²) in [7, 11) is 1.90. The molecule has 0 bridgehead atoms. The first-order valence-electron chi connectivity index (χ1n) is 6.87. The summed E-state index contributed by atoms with van der Waals surface area (Å²) in [4.78, 5) is 12.1. The zero-order valence-corrected chi connectivity index (χ0v) is 15.0. The summed E-state index contributed by atoms with van der Waals surface area (Å²) in [5.74, 6) is -0.0769. The van der Waals surface area contributed by atoms with Crippen LogP contribution in [-0.2, 0) is 0 Å². The standard InChI is InChI=1S/C15H19BrN4O.ClH/c1-11-14(15(21)18-9-3-8-17-2)10-19-20(11)13-6-4-12(16)5-7-13;/h4-7,10,17H,3,8-9H2,1-2H3,(H,18,21);1H. The molecule has 2 aromatic rings. The molecule has 0 atom stereocenters. The van der Waals surface area contributed by atoms with Gasteiger partial charge in [-0.15, -0.1) is 12.4 Å². The van der Waals surface area contributed by atoms with E-state index in [-0.39, 0.29) is 18.3 Å². The van der Waals surface area contributed by atoms with E-state index in [4.69, 9.17) is 0 Å². The highest BCUT2D eigenvalue weighted by Gasteiger charge is 2.14. The summed E-state index contributed by atoms with van der Waals surface area (Å²) < 4.78 is 2.79. The smallest absolute Gasteiger partial charge is 0.254 e. The van der Waals surface area contributed by atoms with Crippen LogP contribution < -0.4 is 10.6 Å². The predicted molar refractivity (Wildman–Crippen MR) is 94.1 cm³/mol. The van der Waals surface area contributed by atoms with E-state index in [0.29, 0.717) is 12.1 Å². The molecule has 2 rings (SSSR count). The van der Waals surface area contributed by atoms with Crippen LogP contribution in [0.2, 0.25) is 0 Å². The van der Waals surface area contributed by atoms with Crippen molar-refractivity contribution < 1.29 is 4.79 Å². The van der Waals surface area contributed by atoms with Gasteiger partial charge in [0.15, 0.2) is 0 Å². The van der Waals surface area contributed by atoms with Crippen LogP contribution in [0.5, 0.6) is 0 Å². The van der Waals surface area contributed by atoms with Crippen molar-refractivity contribution in [3.8, 4) is 5.69 Å². The average Bonchev–Trinajstić information content (AvgIpc) is 2.86. The molecule has 22 heavy (non-hydrogen) atoms. The van der Waals surface area contributed by atoms with Crippen LogP contribution in [-0.4, -0.2) is 35.8 Å². The Balaban J connectivity index is 0.00000242. The number of benzene rings is 1. The molecular formula is C15H20BrClN4O. The molecule has 120 valence electrons. The molecule has 0 saturated carbocycles. The van der Waals surface area contributed by atoms with Crippen molar-refractivity contribution in [2.24, 2.45) is 0 Å². The average molecular weight is 388 g/mol. The first kappa shape index (κ1) is 18.7. The van der Waals surface area contributed by atoms with Crippen LogP contribution in [0, 0.1) is 6.92 Å². The SMILES string of the molecule is CNCCCNC(=O)c1cnn(-c2ccc(Br)cc2)c1C.Cl. The van der Waals surface area contributed by atoms with Gasteiger partial charge < -0.3 is 10.6 Å². The fourth-order valence-corrected chi connectivity index (χ4v) is 2.30. The van der Waals surface area contributed by atoms with Gasteiger partial charge in [-0.05, 0) is 51.2 Å². The van der Waals surface area contributed by atoms with Gasteiger partial charge >= 0.3 is 0 Å². The normalized spacial score (nSPS) is 10.1. The molecule has 1 amide bonds. The first-order chi connectivity index (χ1) is 10.1. The van der Waals surface area contributed by atoms with Crippen molar-refractivity contribution in [3.05, 3.63) is 46.2 Å². The summed E-state index contributed by atoms with van der Waals surface area (Å²) in [5, 5.41) is 10.3. The molecular weight excluding hydrogens is 368 g/mol. The number of carbonyl (C=O) groups is 1. The van der Waals surface area contributed by atoms with Gasteiger partial charge in [-0.1, -0.05) is 15.9 Å². The van der Waals surface area contributed by atoms with E-state index in [2.05, 4.69) is 31.7 Å². The maximum absolute atomic E-state index is 12.1. The maximum Gasteiger partial charge on any atom is 0.254 e. The van der Waals surface area contributed by atoms with Gasteiger partial charge in [0, 0.05) is 11.0 Å². The summed E-state index contributed by atoms with van der Waals surface area (Å²) in [6.07, 6.45) is 2.52. The zero-order valence-electron chi connectivity index (χ0n) is 12.6. The van der Waals surface area contributed by atoms with Gasteiger partial charge in [0.2, 0.25) is 0 Å².